The van der Waals surface area contributed by atoms with Crippen molar-refractivity contribution in [3.63, 3.8) is 0 Å². The van der Waals surface area contributed by atoms with Crippen molar-refractivity contribution in [2.24, 2.45) is 0 Å². The number of sulfonamides is 1. The lowest BCUT2D eigenvalue weighted by atomic mass is 10.1. The number of hydrogen-bond donors (Lipinski definition) is 1. The highest BCUT2D eigenvalue weighted by Gasteiger charge is 2.18. The molecule has 0 saturated carbocycles. The molecule has 0 spiro atoms. The number of benzene rings is 2. The first kappa shape index (κ1) is 21.6. The molecule has 0 aliphatic heterocycles. The fraction of sp³-hybridized carbons (Fsp3) is 0.350. The van der Waals surface area contributed by atoms with Crippen molar-refractivity contribution in [1.82, 2.24) is 4.31 Å². The van der Waals surface area contributed by atoms with E-state index in [-0.39, 0.29) is 10.8 Å². The second kappa shape index (κ2) is 9.48. The van der Waals surface area contributed by atoms with Crippen molar-refractivity contribution < 1.29 is 13.2 Å². The highest BCUT2D eigenvalue weighted by Crippen LogP contribution is 2.22. The number of nitrogens with one attached hydrogen (secondary N) is 1. The Labute approximate surface area is 170 Å². The maximum atomic E-state index is 12.3. The summed E-state index contributed by atoms with van der Waals surface area (Å²) in [6.07, 6.45) is 3.02. The first-order valence-electron chi connectivity index (χ1n) is 8.77. The summed E-state index contributed by atoms with van der Waals surface area (Å²) >= 11 is 3.42. The van der Waals surface area contributed by atoms with Crippen molar-refractivity contribution in [1.29, 1.82) is 0 Å². The van der Waals surface area contributed by atoms with Gasteiger partial charge in [0.1, 0.15) is 0 Å². The summed E-state index contributed by atoms with van der Waals surface area (Å²) in [6.45, 7) is 1.84. The SMILES string of the molecule is Cc1ccc(S(=O)(=O)N(C)C)cc1NC(=O)CCCCc1ccc(Br)cc1. The first-order chi connectivity index (χ1) is 12.7. The van der Waals surface area contributed by atoms with Crippen molar-refractivity contribution in [2.75, 3.05) is 19.4 Å². The van der Waals surface area contributed by atoms with E-state index >= 15 is 0 Å². The van der Waals surface area contributed by atoms with Crippen LogP contribution in [-0.2, 0) is 21.2 Å². The average Bonchev–Trinajstić information content (AvgIpc) is 2.62. The minimum absolute atomic E-state index is 0.103. The van der Waals surface area contributed by atoms with E-state index in [0.717, 1.165) is 33.6 Å². The third-order valence-corrected chi connectivity index (χ3v) is 6.63. The molecule has 0 fully saturated rings. The molecule has 146 valence electrons. The maximum Gasteiger partial charge on any atom is 0.242 e. The Morgan fingerprint density at radius 2 is 1.74 bits per heavy atom. The van der Waals surface area contributed by atoms with Crippen LogP contribution >= 0.6 is 15.9 Å². The predicted molar refractivity (Wildman–Crippen MR) is 112 cm³/mol. The van der Waals surface area contributed by atoms with Gasteiger partial charge in [0.2, 0.25) is 15.9 Å². The van der Waals surface area contributed by atoms with Crippen molar-refractivity contribution in [2.45, 2.75) is 37.5 Å². The van der Waals surface area contributed by atoms with Gasteiger partial charge in [0, 0.05) is 30.7 Å². The summed E-state index contributed by atoms with van der Waals surface area (Å²) < 4.78 is 26.7. The lowest BCUT2D eigenvalue weighted by molar-refractivity contribution is -0.116. The topological polar surface area (TPSA) is 66.5 Å². The third kappa shape index (κ3) is 6.16. The molecule has 1 amide bonds. The molecule has 7 heteroatoms. The molecule has 2 aromatic rings. The summed E-state index contributed by atoms with van der Waals surface area (Å²) in [5.74, 6) is -0.103. The summed E-state index contributed by atoms with van der Waals surface area (Å²) in [6, 6.07) is 13.0. The molecule has 1 N–H and O–H groups in total. The lowest BCUT2D eigenvalue weighted by Crippen LogP contribution is -2.22. The van der Waals surface area contributed by atoms with Gasteiger partial charge in [-0.2, -0.15) is 0 Å². The number of hydrogen-bond acceptors (Lipinski definition) is 3. The summed E-state index contributed by atoms with van der Waals surface area (Å²) in [7, 11) is -0.558. The molecule has 0 saturated heterocycles. The van der Waals surface area contributed by atoms with Crippen LogP contribution in [0.3, 0.4) is 0 Å². The monoisotopic (exact) mass is 452 g/mol. The molecule has 2 aromatic carbocycles. The Balaban J connectivity index is 1.90. The van der Waals surface area contributed by atoms with E-state index in [1.165, 1.54) is 25.7 Å². The van der Waals surface area contributed by atoms with E-state index in [4.69, 9.17) is 0 Å². The largest absolute Gasteiger partial charge is 0.326 e. The van der Waals surface area contributed by atoms with Crippen LogP contribution in [0.5, 0.6) is 0 Å². The summed E-state index contributed by atoms with van der Waals surface area (Å²) in [5.41, 5.74) is 2.61. The van der Waals surface area contributed by atoms with Crippen molar-refractivity contribution in [3.8, 4) is 0 Å². The predicted octanol–water partition coefficient (Wildman–Crippen LogP) is 4.36. The van der Waals surface area contributed by atoms with E-state index < -0.39 is 10.0 Å². The number of rotatable bonds is 8. The minimum Gasteiger partial charge on any atom is -0.326 e. The Bertz CT molecular complexity index is 894. The normalized spacial score (nSPS) is 11.6. The van der Waals surface area contributed by atoms with Gasteiger partial charge in [-0.25, -0.2) is 12.7 Å². The number of carbonyl (C=O) groups is 1. The molecule has 0 aliphatic carbocycles. The molecule has 0 bridgehead atoms. The molecule has 0 aliphatic rings. The van der Waals surface area contributed by atoms with Gasteiger partial charge >= 0.3 is 0 Å². The molecular weight excluding hydrogens is 428 g/mol. The summed E-state index contributed by atoms with van der Waals surface area (Å²) in [4.78, 5) is 12.4. The fourth-order valence-electron chi connectivity index (χ4n) is 2.59. The van der Waals surface area contributed by atoms with E-state index in [2.05, 4.69) is 33.4 Å². The van der Waals surface area contributed by atoms with E-state index in [1.54, 1.807) is 12.1 Å². The number of amides is 1. The quantitative estimate of drug-likeness (QED) is 0.604. The molecule has 0 atom stereocenters. The molecule has 0 aromatic heterocycles. The molecule has 0 heterocycles. The Morgan fingerprint density at radius 3 is 2.37 bits per heavy atom. The minimum atomic E-state index is -3.53. The van der Waals surface area contributed by atoms with Crippen LogP contribution in [0, 0.1) is 6.92 Å². The molecule has 0 unspecified atom stereocenters. The second-order valence-corrected chi connectivity index (χ2v) is 9.71. The Hall–Kier alpha value is -1.70. The first-order valence-corrected chi connectivity index (χ1v) is 11.0. The number of anilines is 1. The van der Waals surface area contributed by atoms with Gasteiger partial charge in [0.05, 0.1) is 4.90 Å². The molecular formula is C20H25BrN2O3S. The summed E-state index contributed by atoms with van der Waals surface area (Å²) in [5, 5.41) is 2.84. The molecule has 2 rings (SSSR count). The van der Waals surface area contributed by atoms with Crippen LogP contribution in [0.25, 0.3) is 0 Å². The van der Waals surface area contributed by atoms with Crippen LogP contribution in [0.2, 0.25) is 0 Å². The zero-order valence-electron chi connectivity index (χ0n) is 15.8. The second-order valence-electron chi connectivity index (χ2n) is 6.65. The van der Waals surface area contributed by atoms with Crippen LogP contribution in [-0.4, -0.2) is 32.7 Å². The van der Waals surface area contributed by atoms with Gasteiger partial charge in [-0.3, -0.25) is 4.79 Å². The highest BCUT2D eigenvalue weighted by molar-refractivity contribution is 9.10. The van der Waals surface area contributed by atoms with E-state index in [1.807, 2.05) is 19.1 Å². The Kier molecular flexibility index (Phi) is 7.59. The van der Waals surface area contributed by atoms with Gasteiger partial charge in [0.25, 0.3) is 0 Å². The smallest absolute Gasteiger partial charge is 0.242 e. The van der Waals surface area contributed by atoms with Gasteiger partial charge in [0.15, 0.2) is 0 Å². The molecule has 5 nitrogen and oxygen atoms in total. The maximum absolute atomic E-state index is 12.3. The zero-order chi connectivity index (χ0) is 20.0. The van der Waals surface area contributed by atoms with Gasteiger partial charge in [-0.15, -0.1) is 0 Å². The number of aryl methyl sites for hydroxylation is 2. The van der Waals surface area contributed by atoms with Crippen LogP contribution in [0.15, 0.2) is 51.8 Å². The fourth-order valence-corrected chi connectivity index (χ4v) is 3.78. The lowest BCUT2D eigenvalue weighted by Gasteiger charge is -2.14. The highest BCUT2D eigenvalue weighted by atomic mass is 79.9. The zero-order valence-corrected chi connectivity index (χ0v) is 18.2. The van der Waals surface area contributed by atoms with Crippen LogP contribution in [0.4, 0.5) is 5.69 Å². The van der Waals surface area contributed by atoms with Crippen LogP contribution in [0.1, 0.15) is 30.4 Å². The van der Waals surface area contributed by atoms with Crippen molar-refractivity contribution >= 4 is 37.5 Å². The number of unbranched alkanes of at least 4 members (excludes halogenated alkanes) is 1. The Morgan fingerprint density at radius 1 is 1.07 bits per heavy atom. The number of nitrogens with zero attached hydrogens (tertiary/aromatic N) is 1. The van der Waals surface area contributed by atoms with E-state index in [9.17, 15) is 13.2 Å². The van der Waals surface area contributed by atoms with E-state index in [0.29, 0.717) is 12.1 Å². The van der Waals surface area contributed by atoms with Crippen molar-refractivity contribution in [3.05, 3.63) is 58.1 Å². The molecule has 0 radical (unpaired) electrons. The van der Waals surface area contributed by atoms with Gasteiger partial charge in [-0.05, 0) is 61.6 Å². The van der Waals surface area contributed by atoms with Crippen LogP contribution < -0.4 is 5.32 Å². The third-order valence-electron chi connectivity index (χ3n) is 4.29. The van der Waals surface area contributed by atoms with Gasteiger partial charge in [-0.1, -0.05) is 34.1 Å². The molecule has 27 heavy (non-hydrogen) atoms. The number of carbonyl (C=O) groups excluding carboxylic acids is 1. The standard InChI is InChI=1S/C20H25BrN2O3S/c1-15-8-13-18(27(25,26)23(2)3)14-19(15)22-20(24)7-5-4-6-16-9-11-17(21)12-10-16/h8-14H,4-7H2,1-3H3,(H,22,24). The number of halogens is 1. The average molecular weight is 453 g/mol. The van der Waals surface area contributed by atoms with Gasteiger partial charge < -0.3 is 5.32 Å².